The number of carboxylic acid groups (broad SMARTS) is 1. The molecule has 1 aliphatic rings. The van der Waals surface area contributed by atoms with E-state index in [-0.39, 0.29) is 5.91 Å². The number of carboxylic acids is 1. The van der Waals surface area contributed by atoms with Gasteiger partial charge in [0.05, 0.1) is 32.8 Å². The van der Waals surface area contributed by atoms with Crippen molar-refractivity contribution in [3.63, 3.8) is 0 Å². The quantitative estimate of drug-likeness (QED) is 0.818. The van der Waals surface area contributed by atoms with Gasteiger partial charge in [0.25, 0.3) is 5.91 Å². The van der Waals surface area contributed by atoms with E-state index in [1.165, 1.54) is 21.3 Å². The number of hydrogen-bond acceptors (Lipinski definition) is 5. The number of methoxy groups -OCH3 is 3. The van der Waals surface area contributed by atoms with Crippen molar-refractivity contribution in [1.29, 1.82) is 0 Å². The van der Waals surface area contributed by atoms with Crippen LogP contribution < -0.4 is 19.5 Å². The summed E-state index contributed by atoms with van der Waals surface area (Å²) >= 11 is 0. The highest BCUT2D eigenvalue weighted by molar-refractivity contribution is 5.96. The van der Waals surface area contributed by atoms with Crippen molar-refractivity contribution in [3.8, 4) is 17.2 Å². The number of carbonyl (C=O) groups excluding carboxylic acids is 1. The number of carbonyl (C=O) groups is 2. The number of ether oxygens (including phenoxy) is 3. The fourth-order valence-electron chi connectivity index (χ4n) is 3.42. The predicted molar refractivity (Wildman–Crippen MR) is 91.6 cm³/mol. The van der Waals surface area contributed by atoms with Crippen LogP contribution in [0.15, 0.2) is 12.1 Å². The molecule has 0 aliphatic heterocycles. The summed E-state index contributed by atoms with van der Waals surface area (Å²) in [6.07, 6.45) is 2.92. The summed E-state index contributed by atoms with van der Waals surface area (Å²) in [5, 5.41) is 12.4. The van der Waals surface area contributed by atoms with Gasteiger partial charge in [0.2, 0.25) is 5.75 Å². The smallest absolute Gasteiger partial charge is 0.308 e. The molecule has 7 nitrogen and oxygen atoms in total. The zero-order chi connectivity index (χ0) is 18.6. The molecule has 1 aromatic rings. The molecular formula is C18H25NO6. The highest BCUT2D eigenvalue weighted by Gasteiger charge is 2.42. The van der Waals surface area contributed by atoms with Crippen molar-refractivity contribution in [2.45, 2.75) is 38.1 Å². The Bertz CT molecular complexity index is 634. The second kappa shape index (κ2) is 7.63. The fourth-order valence-corrected chi connectivity index (χ4v) is 3.42. The van der Waals surface area contributed by atoms with Gasteiger partial charge < -0.3 is 24.6 Å². The van der Waals surface area contributed by atoms with E-state index in [1.54, 1.807) is 19.1 Å². The van der Waals surface area contributed by atoms with Crippen molar-refractivity contribution in [2.24, 2.45) is 5.92 Å². The number of benzene rings is 1. The summed E-state index contributed by atoms with van der Waals surface area (Å²) in [6.45, 7) is 1.79. The van der Waals surface area contributed by atoms with E-state index in [0.29, 0.717) is 35.7 Å². The number of aliphatic carboxylic acids is 1. The normalized spacial score (nSPS) is 22.8. The van der Waals surface area contributed by atoms with Gasteiger partial charge in [-0.05, 0) is 31.9 Å². The Labute approximate surface area is 147 Å². The summed E-state index contributed by atoms with van der Waals surface area (Å²) in [6, 6.07) is 3.11. The molecule has 2 unspecified atom stereocenters. The van der Waals surface area contributed by atoms with Gasteiger partial charge >= 0.3 is 5.97 Å². The van der Waals surface area contributed by atoms with Gasteiger partial charge in [-0.15, -0.1) is 0 Å². The van der Waals surface area contributed by atoms with E-state index >= 15 is 0 Å². The van der Waals surface area contributed by atoms with E-state index in [2.05, 4.69) is 5.32 Å². The van der Waals surface area contributed by atoms with Gasteiger partial charge in [0, 0.05) is 5.56 Å². The molecule has 1 aliphatic carbocycles. The van der Waals surface area contributed by atoms with E-state index < -0.39 is 17.4 Å². The summed E-state index contributed by atoms with van der Waals surface area (Å²) < 4.78 is 15.8. The highest BCUT2D eigenvalue weighted by atomic mass is 16.5. The van der Waals surface area contributed by atoms with Gasteiger partial charge in [0.1, 0.15) is 0 Å². The zero-order valence-corrected chi connectivity index (χ0v) is 15.0. The molecule has 2 rings (SSSR count). The van der Waals surface area contributed by atoms with Crippen molar-refractivity contribution in [2.75, 3.05) is 21.3 Å². The summed E-state index contributed by atoms with van der Waals surface area (Å²) in [4.78, 5) is 24.3. The van der Waals surface area contributed by atoms with Gasteiger partial charge in [0.15, 0.2) is 11.5 Å². The number of hydrogen-bond donors (Lipinski definition) is 2. The van der Waals surface area contributed by atoms with Crippen molar-refractivity contribution < 1.29 is 28.9 Å². The van der Waals surface area contributed by atoms with Crippen LogP contribution in [-0.4, -0.2) is 43.9 Å². The summed E-state index contributed by atoms with van der Waals surface area (Å²) in [5.41, 5.74) is -0.466. The molecule has 0 spiro atoms. The van der Waals surface area contributed by atoms with Crippen LogP contribution in [0.4, 0.5) is 0 Å². The minimum Gasteiger partial charge on any atom is -0.493 e. The van der Waals surface area contributed by atoms with Crippen LogP contribution in [0.1, 0.15) is 43.0 Å². The Kier molecular flexibility index (Phi) is 5.77. The molecular weight excluding hydrogens is 326 g/mol. The zero-order valence-electron chi connectivity index (χ0n) is 15.0. The van der Waals surface area contributed by atoms with Gasteiger partial charge in [-0.2, -0.15) is 0 Å². The monoisotopic (exact) mass is 351 g/mol. The number of rotatable bonds is 6. The van der Waals surface area contributed by atoms with Crippen molar-refractivity contribution >= 4 is 11.9 Å². The molecule has 0 saturated heterocycles. The Balaban J connectivity index is 2.32. The maximum absolute atomic E-state index is 12.8. The minimum atomic E-state index is -0.882. The van der Waals surface area contributed by atoms with Crippen LogP contribution in [0.25, 0.3) is 0 Å². The molecule has 1 amide bonds. The maximum Gasteiger partial charge on any atom is 0.308 e. The molecule has 0 heterocycles. The first-order chi connectivity index (χ1) is 11.9. The standard InChI is InChI=1S/C18H25NO6/c1-18(8-6-5-7-12(18)17(21)22)19-16(20)11-9-13(23-2)15(25-4)14(10-11)24-3/h9-10,12H,5-8H2,1-4H3,(H,19,20)(H,21,22). The molecule has 25 heavy (non-hydrogen) atoms. The van der Waals surface area contributed by atoms with Crippen molar-refractivity contribution in [1.82, 2.24) is 5.32 Å². The molecule has 1 aromatic carbocycles. The van der Waals surface area contributed by atoms with Crippen molar-refractivity contribution in [3.05, 3.63) is 17.7 Å². The first kappa shape index (κ1) is 18.9. The van der Waals surface area contributed by atoms with E-state index in [9.17, 15) is 14.7 Å². The topological polar surface area (TPSA) is 94.1 Å². The highest BCUT2D eigenvalue weighted by Crippen LogP contribution is 2.39. The summed E-state index contributed by atoms with van der Waals surface area (Å²) in [5.74, 6) is -0.713. The summed E-state index contributed by atoms with van der Waals surface area (Å²) in [7, 11) is 4.43. The van der Waals surface area contributed by atoms with E-state index in [4.69, 9.17) is 14.2 Å². The average molecular weight is 351 g/mol. The molecule has 1 saturated carbocycles. The number of nitrogens with one attached hydrogen (secondary N) is 1. The molecule has 2 atom stereocenters. The Hall–Kier alpha value is -2.44. The Morgan fingerprint density at radius 2 is 1.72 bits per heavy atom. The lowest BCUT2D eigenvalue weighted by atomic mass is 9.73. The van der Waals surface area contributed by atoms with Crippen LogP contribution in [0.2, 0.25) is 0 Å². The van der Waals surface area contributed by atoms with E-state index in [1.807, 2.05) is 0 Å². The third-order valence-corrected chi connectivity index (χ3v) is 4.83. The lowest BCUT2D eigenvalue weighted by Gasteiger charge is -2.39. The molecule has 7 heteroatoms. The van der Waals surface area contributed by atoms with Crippen LogP contribution >= 0.6 is 0 Å². The average Bonchev–Trinajstić information content (AvgIpc) is 2.59. The third kappa shape index (κ3) is 3.81. The molecule has 1 fully saturated rings. The molecule has 2 N–H and O–H groups in total. The lowest BCUT2D eigenvalue weighted by molar-refractivity contribution is -0.145. The molecule has 0 aromatic heterocycles. The Morgan fingerprint density at radius 1 is 1.12 bits per heavy atom. The maximum atomic E-state index is 12.8. The minimum absolute atomic E-state index is 0.324. The fraction of sp³-hybridized carbons (Fsp3) is 0.556. The SMILES string of the molecule is COc1cc(C(=O)NC2(C)CCCCC2C(=O)O)cc(OC)c1OC. The van der Waals surface area contributed by atoms with E-state index in [0.717, 1.165) is 12.8 Å². The lowest BCUT2D eigenvalue weighted by Crippen LogP contribution is -2.55. The van der Waals surface area contributed by atoms with Crippen LogP contribution in [0.5, 0.6) is 17.2 Å². The third-order valence-electron chi connectivity index (χ3n) is 4.83. The number of amides is 1. The van der Waals surface area contributed by atoms with Gasteiger partial charge in [-0.25, -0.2) is 0 Å². The predicted octanol–water partition coefficient (Wildman–Crippen LogP) is 2.48. The van der Waals surface area contributed by atoms with Gasteiger partial charge in [-0.1, -0.05) is 12.8 Å². The first-order valence-corrected chi connectivity index (χ1v) is 8.21. The Morgan fingerprint density at radius 3 is 2.20 bits per heavy atom. The molecule has 0 radical (unpaired) electrons. The van der Waals surface area contributed by atoms with Crippen LogP contribution in [0, 0.1) is 5.92 Å². The largest absolute Gasteiger partial charge is 0.493 e. The van der Waals surface area contributed by atoms with Crippen LogP contribution in [0.3, 0.4) is 0 Å². The second-order valence-electron chi connectivity index (χ2n) is 6.42. The first-order valence-electron chi connectivity index (χ1n) is 8.21. The molecule has 138 valence electrons. The molecule has 0 bridgehead atoms. The van der Waals surface area contributed by atoms with Gasteiger partial charge in [-0.3, -0.25) is 9.59 Å². The van der Waals surface area contributed by atoms with Crippen LogP contribution in [-0.2, 0) is 4.79 Å². The second-order valence-corrected chi connectivity index (χ2v) is 6.42.